The number of aromatic hydroxyl groups is 1. The molecule has 4 rings (SSSR count). The van der Waals surface area contributed by atoms with Gasteiger partial charge in [-0.15, -0.1) is 0 Å². The van der Waals surface area contributed by atoms with Crippen LogP contribution in [0.3, 0.4) is 0 Å². The van der Waals surface area contributed by atoms with Gasteiger partial charge < -0.3 is 28.2 Å². The van der Waals surface area contributed by atoms with Crippen LogP contribution in [0.25, 0.3) is 10.9 Å². The van der Waals surface area contributed by atoms with Crippen LogP contribution >= 0.6 is 32.5 Å². The molecule has 35 heavy (non-hydrogen) atoms. The number of aromatic nitrogens is 2. The van der Waals surface area contributed by atoms with E-state index in [0.29, 0.717) is 22.2 Å². The zero-order valence-corrected chi connectivity index (χ0v) is 21.6. The predicted molar refractivity (Wildman–Crippen MR) is 134 cm³/mol. The zero-order chi connectivity index (χ0) is 25.2. The van der Waals surface area contributed by atoms with Crippen LogP contribution in [0.15, 0.2) is 70.8 Å². The van der Waals surface area contributed by atoms with Crippen LogP contribution in [-0.4, -0.2) is 40.6 Å². The Morgan fingerprint density at radius 3 is 2.34 bits per heavy atom. The summed E-state index contributed by atoms with van der Waals surface area (Å²) >= 11 is 5.59. The highest BCUT2D eigenvalue weighted by molar-refractivity contribution is 9.06. The van der Waals surface area contributed by atoms with Crippen molar-refractivity contribution in [3.05, 3.63) is 66.6 Å². The number of halogens is 2. The SMILES string of the molecule is O=C(O)[C@@H](Cc1cc(OBr)c(O)c(OBr)c1)Nc1ccc2[nH]cc(S(=O)(=O)c3ccncc3)c2c1. The monoisotopic (exact) mass is 625 g/mol. The molecule has 0 saturated heterocycles. The Morgan fingerprint density at radius 1 is 1.09 bits per heavy atom. The Hall–Kier alpha value is -3.29. The summed E-state index contributed by atoms with van der Waals surface area (Å²) in [4.78, 5) is 19.0. The second-order valence-electron chi connectivity index (χ2n) is 7.43. The molecule has 2 aromatic heterocycles. The van der Waals surface area contributed by atoms with Crippen LogP contribution in [0.5, 0.6) is 17.2 Å². The Labute approximate surface area is 216 Å². The fraction of sp³-hybridized carbons (Fsp3) is 0.0909. The fourth-order valence-electron chi connectivity index (χ4n) is 3.56. The van der Waals surface area contributed by atoms with E-state index in [9.17, 15) is 23.4 Å². The van der Waals surface area contributed by atoms with Crippen molar-refractivity contribution in [1.29, 1.82) is 0 Å². The molecule has 0 aliphatic heterocycles. The van der Waals surface area contributed by atoms with E-state index in [2.05, 4.69) is 47.8 Å². The number of carbonyl (C=O) groups is 1. The number of hydrogen-bond donors (Lipinski definition) is 4. The molecule has 4 aromatic rings. The van der Waals surface area contributed by atoms with Gasteiger partial charge in [0.25, 0.3) is 0 Å². The highest BCUT2D eigenvalue weighted by Crippen LogP contribution is 2.39. The van der Waals surface area contributed by atoms with Gasteiger partial charge in [-0.05, 0) is 48.0 Å². The molecule has 0 fully saturated rings. The molecule has 2 aromatic carbocycles. The second kappa shape index (κ2) is 10.1. The van der Waals surface area contributed by atoms with Crippen molar-refractivity contribution in [3.8, 4) is 17.2 Å². The molecule has 4 N–H and O–H groups in total. The number of anilines is 1. The second-order valence-corrected chi connectivity index (χ2v) is 10.00. The lowest BCUT2D eigenvalue weighted by Gasteiger charge is -2.17. The average Bonchev–Trinajstić information content (AvgIpc) is 3.29. The molecule has 1 atom stereocenters. The van der Waals surface area contributed by atoms with E-state index in [0.717, 1.165) is 0 Å². The first kappa shape index (κ1) is 24.8. The van der Waals surface area contributed by atoms with Crippen LogP contribution in [0.2, 0.25) is 0 Å². The number of carboxylic acids is 1. The maximum absolute atomic E-state index is 13.1. The molecule has 2 heterocycles. The average molecular weight is 627 g/mol. The number of nitrogens with zero attached hydrogens (tertiary/aromatic N) is 1. The lowest BCUT2D eigenvalue weighted by Crippen LogP contribution is -2.31. The number of fused-ring (bicyclic) bond motifs is 1. The van der Waals surface area contributed by atoms with Gasteiger partial charge in [0, 0.05) is 41.6 Å². The first-order valence-electron chi connectivity index (χ1n) is 9.93. The summed E-state index contributed by atoms with van der Waals surface area (Å²) in [6.45, 7) is 0. The number of nitrogens with one attached hydrogen (secondary N) is 2. The fourth-order valence-corrected chi connectivity index (χ4v) is 5.46. The van der Waals surface area contributed by atoms with Crippen LogP contribution < -0.4 is 13.0 Å². The Morgan fingerprint density at radius 2 is 1.74 bits per heavy atom. The minimum atomic E-state index is -3.83. The highest BCUT2D eigenvalue weighted by atomic mass is 79.9. The number of pyridine rings is 1. The van der Waals surface area contributed by atoms with Gasteiger partial charge in [0.2, 0.25) is 15.6 Å². The molecule has 10 nitrogen and oxygen atoms in total. The molecule has 0 spiro atoms. The van der Waals surface area contributed by atoms with Crippen LogP contribution in [0.4, 0.5) is 5.69 Å². The van der Waals surface area contributed by atoms with Crippen LogP contribution in [0, 0.1) is 0 Å². The van der Waals surface area contributed by atoms with Crippen LogP contribution in [0.1, 0.15) is 5.56 Å². The summed E-state index contributed by atoms with van der Waals surface area (Å²) in [7, 11) is -3.83. The van der Waals surface area contributed by atoms with Crippen molar-refractivity contribution in [2.45, 2.75) is 22.3 Å². The number of aliphatic carboxylic acids is 1. The van der Waals surface area contributed by atoms with Crippen molar-refractivity contribution < 1.29 is 31.1 Å². The first-order chi connectivity index (χ1) is 16.7. The normalized spacial score (nSPS) is 12.3. The van der Waals surface area contributed by atoms with Crippen molar-refractivity contribution >= 4 is 64.9 Å². The maximum Gasteiger partial charge on any atom is 0.326 e. The van der Waals surface area contributed by atoms with E-state index in [4.69, 9.17) is 7.66 Å². The lowest BCUT2D eigenvalue weighted by molar-refractivity contribution is -0.137. The largest absolute Gasteiger partial charge is 0.502 e. The highest BCUT2D eigenvalue weighted by Gasteiger charge is 2.24. The molecule has 13 heteroatoms. The van der Waals surface area contributed by atoms with Gasteiger partial charge in [-0.3, -0.25) is 4.98 Å². The number of phenolic OH excluding ortho intramolecular Hbond substituents is 1. The maximum atomic E-state index is 13.1. The first-order valence-corrected chi connectivity index (χ1v) is 12.7. The van der Waals surface area contributed by atoms with Crippen LogP contribution in [-0.2, 0) is 21.1 Å². The molecular weight excluding hydrogens is 610 g/mol. The Kier molecular flexibility index (Phi) is 7.19. The Bertz CT molecular complexity index is 1470. The molecule has 182 valence electrons. The quantitative estimate of drug-likeness (QED) is 0.209. The number of aromatic amines is 1. The standard InChI is InChI=1S/C22H17Br2N3O7S/c23-33-18-8-12(9-19(34-24)21(18)28)7-17(22(29)30)27-13-1-2-16-15(10-13)20(11-26-16)35(31,32)14-3-5-25-6-4-14/h1-6,8-11,17,26-28H,7H2,(H,29,30)/t17-/m1/s1. The smallest absolute Gasteiger partial charge is 0.326 e. The third-order valence-corrected chi connectivity index (χ3v) is 7.75. The summed E-state index contributed by atoms with van der Waals surface area (Å²) < 4.78 is 36.1. The molecule has 0 aliphatic carbocycles. The predicted octanol–water partition coefficient (Wildman–Crippen LogP) is 4.59. The summed E-state index contributed by atoms with van der Waals surface area (Å²) in [5.74, 6) is -1.33. The van der Waals surface area contributed by atoms with E-state index in [1.807, 2.05) is 0 Å². The van der Waals surface area contributed by atoms with E-state index in [-0.39, 0.29) is 33.5 Å². The molecule has 0 saturated carbocycles. The molecule has 0 radical (unpaired) electrons. The minimum Gasteiger partial charge on any atom is -0.502 e. The van der Waals surface area contributed by atoms with Crippen molar-refractivity contribution in [2.75, 3.05) is 5.32 Å². The lowest BCUT2D eigenvalue weighted by atomic mass is 10.0. The molecule has 0 unspecified atom stereocenters. The topological polar surface area (TPSA) is 151 Å². The minimum absolute atomic E-state index is 0.00429. The number of sulfone groups is 1. The zero-order valence-electron chi connectivity index (χ0n) is 17.6. The van der Waals surface area contributed by atoms with Crippen molar-refractivity contribution in [3.63, 3.8) is 0 Å². The van der Waals surface area contributed by atoms with E-state index < -0.39 is 21.8 Å². The number of phenols is 1. The van der Waals surface area contributed by atoms with Crippen molar-refractivity contribution in [2.24, 2.45) is 0 Å². The Balaban J connectivity index is 1.66. The number of H-pyrrole nitrogens is 1. The van der Waals surface area contributed by atoms with Gasteiger partial charge in [-0.25, -0.2) is 13.2 Å². The molecule has 0 aliphatic rings. The van der Waals surface area contributed by atoms with Gasteiger partial charge in [-0.2, -0.15) is 0 Å². The number of benzene rings is 2. The molecule has 0 bridgehead atoms. The van der Waals surface area contributed by atoms with Crippen molar-refractivity contribution in [1.82, 2.24) is 9.97 Å². The number of hydrogen-bond acceptors (Lipinski definition) is 8. The van der Waals surface area contributed by atoms with E-state index in [1.54, 1.807) is 18.2 Å². The number of carboxylic acid groups (broad SMARTS) is 1. The van der Waals surface area contributed by atoms with Gasteiger partial charge in [0.05, 0.1) is 9.79 Å². The van der Waals surface area contributed by atoms with Gasteiger partial charge in [0.1, 0.15) is 6.04 Å². The summed E-state index contributed by atoms with van der Waals surface area (Å²) in [5, 5.41) is 23.2. The third kappa shape index (κ3) is 5.06. The molecular formula is C22H17Br2N3O7S. The summed E-state index contributed by atoms with van der Waals surface area (Å²) in [6.07, 6.45) is 4.19. The summed E-state index contributed by atoms with van der Waals surface area (Å²) in [6, 6.07) is 9.53. The van der Waals surface area contributed by atoms with Gasteiger partial charge in [-0.1, -0.05) is 0 Å². The summed E-state index contributed by atoms with van der Waals surface area (Å²) in [5.41, 5.74) is 1.48. The van der Waals surface area contributed by atoms with Gasteiger partial charge >= 0.3 is 5.97 Å². The van der Waals surface area contributed by atoms with Gasteiger partial charge in [0.15, 0.2) is 44.0 Å². The van der Waals surface area contributed by atoms with E-state index >= 15 is 0 Å². The third-order valence-electron chi connectivity index (χ3n) is 5.24. The van der Waals surface area contributed by atoms with E-state index in [1.165, 1.54) is 42.9 Å². The molecule has 0 amide bonds. The number of rotatable bonds is 9.